The van der Waals surface area contributed by atoms with Crippen molar-refractivity contribution in [1.82, 2.24) is 9.88 Å². The highest BCUT2D eigenvalue weighted by Crippen LogP contribution is 2.19. The van der Waals surface area contributed by atoms with Crippen LogP contribution in [0.25, 0.3) is 10.9 Å². The summed E-state index contributed by atoms with van der Waals surface area (Å²) >= 11 is 0. The molecule has 0 radical (unpaired) electrons. The quantitative estimate of drug-likeness (QED) is 0.823. The van der Waals surface area contributed by atoms with Gasteiger partial charge in [0, 0.05) is 30.6 Å². The average molecular weight is 239 g/mol. The average Bonchev–Trinajstić information content (AvgIpc) is 2.36. The van der Waals surface area contributed by atoms with E-state index in [2.05, 4.69) is 28.1 Å². The van der Waals surface area contributed by atoms with E-state index in [1.165, 1.54) is 10.9 Å². The predicted octanol–water partition coefficient (Wildman–Crippen LogP) is 2.89. The molecule has 0 saturated carbocycles. The van der Waals surface area contributed by atoms with Crippen molar-refractivity contribution in [2.45, 2.75) is 19.9 Å². The molecule has 0 aliphatic heterocycles. The Morgan fingerprint density at radius 3 is 2.89 bits per heavy atom. The number of aryl methyl sites for hydroxylation is 1. The van der Waals surface area contributed by atoms with Gasteiger partial charge in [0.25, 0.3) is 0 Å². The zero-order valence-electron chi connectivity index (χ0n) is 10.8. The van der Waals surface area contributed by atoms with Gasteiger partial charge in [0.2, 0.25) is 0 Å². The molecule has 1 aromatic carbocycles. The minimum absolute atomic E-state index is 0.568. The number of nitriles is 1. The minimum Gasteiger partial charge on any atom is -0.301 e. The Balaban J connectivity index is 2.30. The molecule has 3 heteroatoms. The smallest absolute Gasteiger partial charge is 0.0708 e. The molecule has 1 aromatic heterocycles. The van der Waals surface area contributed by atoms with Crippen LogP contribution in [0.4, 0.5) is 0 Å². The largest absolute Gasteiger partial charge is 0.301 e. The Kier molecular flexibility index (Phi) is 3.91. The summed E-state index contributed by atoms with van der Waals surface area (Å²) in [5, 5.41) is 9.81. The molecule has 0 spiro atoms. The first kappa shape index (κ1) is 12.5. The highest BCUT2D eigenvalue weighted by Gasteiger charge is 2.06. The number of benzene rings is 1. The van der Waals surface area contributed by atoms with Crippen molar-refractivity contribution in [3.05, 3.63) is 41.6 Å². The summed E-state index contributed by atoms with van der Waals surface area (Å²) in [6.07, 6.45) is 0.568. The number of para-hydroxylation sites is 1. The molecule has 0 aliphatic carbocycles. The van der Waals surface area contributed by atoms with Crippen molar-refractivity contribution in [2.24, 2.45) is 0 Å². The number of pyridine rings is 1. The third kappa shape index (κ3) is 2.85. The molecule has 2 rings (SSSR count). The first-order chi connectivity index (χ1) is 8.70. The molecule has 0 amide bonds. The number of hydrogen-bond acceptors (Lipinski definition) is 3. The van der Waals surface area contributed by atoms with E-state index in [9.17, 15) is 0 Å². The third-order valence-electron chi connectivity index (χ3n) is 2.98. The Hall–Kier alpha value is -1.92. The second-order valence-corrected chi connectivity index (χ2v) is 4.59. The van der Waals surface area contributed by atoms with Gasteiger partial charge in [-0.1, -0.05) is 18.2 Å². The lowest BCUT2D eigenvalue weighted by molar-refractivity contribution is 0.336. The van der Waals surface area contributed by atoms with Gasteiger partial charge in [-0.25, -0.2) is 0 Å². The fraction of sp³-hybridized carbons (Fsp3) is 0.333. The maximum absolute atomic E-state index is 8.61. The molecule has 0 fully saturated rings. The molecule has 92 valence electrons. The minimum atomic E-state index is 0.568. The molecule has 0 aliphatic rings. The first-order valence-corrected chi connectivity index (χ1v) is 6.11. The number of aromatic nitrogens is 1. The van der Waals surface area contributed by atoms with Crippen LogP contribution in [0.15, 0.2) is 30.3 Å². The van der Waals surface area contributed by atoms with Crippen LogP contribution >= 0.6 is 0 Å². The van der Waals surface area contributed by atoms with E-state index >= 15 is 0 Å². The van der Waals surface area contributed by atoms with Crippen molar-refractivity contribution < 1.29 is 0 Å². The Morgan fingerprint density at radius 1 is 1.33 bits per heavy atom. The summed E-state index contributed by atoms with van der Waals surface area (Å²) in [6, 6.07) is 12.5. The maximum atomic E-state index is 8.61. The molecule has 18 heavy (non-hydrogen) atoms. The van der Waals surface area contributed by atoms with E-state index < -0.39 is 0 Å². The molecule has 0 saturated heterocycles. The maximum Gasteiger partial charge on any atom is 0.0708 e. The van der Waals surface area contributed by atoms with Crippen molar-refractivity contribution in [1.29, 1.82) is 5.26 Å². The topological polar surface area (TPSA) is 39.9 Å². The van der Waals surface area contributed by atoms with Gasteiger partial charge in [-0.3, -0.25) is 4.98 Å². The lowest BCUT2D eigenvalue weighted by Gasteiger charge is -2.16. The van der Waals surface area contributed by atoms with Crippen LogP contribution in [0.1, 0.15) is 17.7 Å². The fourth-order valence-corrected chi connectivity index (χ4v) is 2.14. The first-order valence-electron chi connectivity index (χ1n) is 6.11. The van der Waals surface area contributed by atoms with Gasteiger partial charge in [0.05, 0.1) is 11.6 Å². The molecule has 0 unspecified atom stereocenters. The molecule has 0 bridgehead atoms. The second kappa shape index (κ2) is 5.61. The third-order valence-corrected chi connectivity index (χ3v) is 2.98. The highest BCUT2D eigenvalue weighted by molar-refractivity contribution is 5.82. The highest BCUT2D eigenvalue weighted by atomic mass is 15.1. The van der Waals surface area contributed by atoms with Crippen molar-refractivity contribution in [3.63, 3.8) is 0 Å². The summed E-state index contributed by atoms with van der Waals surface area (Å²) in [4.78, 5) is 6.71. The summed E-state index contributed by atoms with van der Waals surface area (Å²) in [5.41, 5.74) is 3.36. The lowest BCUT2D eigenvalue weighted by Crippen LogP contribution is -2.19. The van der Waals surface area contributed by atoms with E-state index in [1.54, 1.807) is 0 Å². The zero-order chi connectivity index (χ0) is 13.0. The monoisotopic (exact) mass is 239 g/mol. The molecule has 3 nitrogen and oxygen atoms in total. The predicted molar refractivity (Wildman–Crippen MR) is 73.0 cm³/mol. The normalized spacial score (nSPS) is 10.8. The number of fused-ring (bicyclic) bond motifs is 1. The molecule has 0 atom stereocenters. The lowest BCUT2D eigenvalue weighted by atomic mass is 10.1. The van der Waals surface area contributed by atoms with E-state index in [1.807, 2.05) is 32.2 Å². The van der Waals surface area contributed by atoms with E-state index in [0.29, 0.717) is 6.42 Å². The van der Waals surface area contributed by atoms with Crippen LogP contribution < -0.4 is 0 Å². The van der Waals surface area contributed by atoms with Crippen LogP contribution in [0, 0.1) is 18.3 Å². The van der Waals surface area contributed by atoms with Crippen LogP contribution in [0.3, 0.4) is 0 Å². The van der Waals surface area contributed by atoms with Gasteiger partial charge in [0.15, 0.2) is 0 Å². The van der Waals surface area contributed by atoms with Crippen molar-refractivity contribution in [2.75, 3.05) is 13.6 Å². The standard InChI is InChI=1S/C15H17N3/c1-12-10-13(11-18(2)9-5-8-16)14-6-3-4-7-15(14)17-12/h3-4,6-7,10H,5,9,11H2,1-2H3. The fourth-order valence-electron chi connectivity index (χ4n) is 2.14. The molecular weight excluding hydrogens is 222 g/mol. The van der Waals surface area contributed by atoms with E-state index in [4.69, 9.17) is 5.26 Å². The zero-order valence-corrected chi connectivity index (χ0v) is 10.8. The number of nitrogens with zero attached hydrogens (tertiary/aromatic N) is 3. The Bertz CT molecular complexity index is 584. The summed E-state index contributed by atoms with van der Waals surface area (Å²) in [7, 11) is 2.04. The van der Waals surface area contributed by atoms with Crippen LogP contribution in [-0.4, -0.2) is 23.5 Å². The molecule has 2 aromatic rings. The summed E-state index contributed by atoms with van der Waals surface area (Å²) < 4.78 is 0. The Morgan fingerprint density at radius 2 is 2.11 bits per heavy atom. The molecular formula is C15H17N3. The summed E-state index contributed by atoms with van der Waals surface area (Å²) in [6.45, 7) is 3.67. The Labute approximate surface area is 108 Å². The van der Waals surface area contributed by atoms with E-state index in [-0.39, 0.29) is 0 Å². The second-order valence-electron chi connectivity index (χ2n) is 4.59. The van der Waals surface area contributed by atoms with Gasteiger partial charge in [-0.15, -0.1) is 0 Å². The summed E-state index contributed by atoms with van der Waals surface area (Å²) in [5.74, 6) is 0. The van der Waals surface area contributed by atoms with Gasteiger partial charge in [-0.2, -0.15) is 5.26 Å². The number of hydrogen-bond donors (Lipinski definition) is 0. The molecule has 1 heterocycles. The molecule has 0 N–H and O–H groups in total. The van der Waals surface area contributed by atoms with Gasteiger partial charge in [0.1, 0.15) is 0 Å². The van der Waals surface area contributed by atoms with Crippen LogP contribution in [-0.2, 0) is 6.54 Å². The van der Waals surface area contributed by atoms with Crippen LogP contribution in [0.2, 0.25) is 0 Å². The van der Waals surface area contributed by atoms with Gasteiger partial charge < -0.3 is 4.90 Å². The van der Waals surface area contributed by atoms with E-state index in [0.717, 1.165) is 24.3 Å². The van der Waals surface area contributed by atoms with Crippen molar-refractivity contribution >= 4 is 10.9 Å². The number of rotatable bonds is 4. The van der Waals surface area contributed by atoms with Gasteiger partial charge >= 0.3 is 0 Å². The van der Waals surface area contributed by atoms with Crippen LogP contribution in [0.5, 0.6) is 0 Å². The SMILES string of the molecule is Cc1cc(CN(C)CCC#N)c2ccccc2n1. The van der Waals surface area contributed by atoms with Crippen molar-refractivity contribution in [3.8, 4) is 6.07 Å². The van der Waals surface area contributed by atoms with Gasteiger partial charge in [-0.05, 0) is 31.7 Å².